The van der Waals surface area contributed by atoms with Gasteiger partial charge in [0.2, 0.25) is 0 Å². The highest BCUT2D eigenvalue weighted by atomic mass is 35.5. The van der Waals surface area contributed by atoms with Crippen LogP contribution in [0.5, 0.6) is 0 Å². The van der Waals surface area contributed by atoms with Crippen molar-refractivity contribution in [3.63, 3.8) is 0 Å². The maximum Gasteiger partial charge on any atom is 0.337 e. The Balaban J connectivity index is 2.28. The molecule has 0 aliphatic carbocycles. The van der Waals surface area contributed by atoms with E-state index in [2.05, 4.69) is 9.97 Å². The van der Waals surface area contributed by atoms with Gasteiger partial charge in [0, 0.05) is 6.07 Å². The predicted molar refractivity (Wildman–Crippen MR) is 132 cm³/mol. The van der Waals surface area contributed by atoms with Gasteiger partial charge in [0.15, 0.2) is 5.82 Å². The van der Waals surface area contributed by atoms with Crippen LogP contribution in [0, 0.1) is 0 Å². The summed E-state index contributed by atoms with van der Waals surface area (Å²) in [5, 5.41) is 18.0. The van der Waals surface area contributed by atoms with Crippen LogP contribution in [-0.4, -0.2) is 61.0 Å². The Morgan fingerprint density at radius 3 is 1.54 bits per heavy atom. The largest absolute Gasteiger partial charge is 0.478 e. The highest BCUT2D eigenvalue weighted by Crippen LogP contribution is 2.30. The number of rotatable bonds is 8. The van der Waals surface area contributed by atoms with Gasteiger partial charge in [-0.3, -0.25) is 0 Å². The van der Waals surface area contributed by atoms with Crippen LogP contribution in [0.4, 0.5) is 21.4 Å². The first-order valence-corrected chi connectivity index (χ1v) is 13.2. The Hall–Kier alpha value is -4.81. The molecule has 0 aliphatic heterocycles. The highest BCUT2D eigenvalue weighted by molar-refractivity contribution is 7.94. The number of amides is 4. The molecule has 39 heavy (non-hydrogen) atoms. The molecule has 16 nitrogen and oxygen atoms in total. The van der Waals surface area contributed by atoms with Gasteiger partial charge in [-0.25, -0.2) is 36.0 Å². The number of hydrogen-bond acceptors (Lipinski definition) is 10. The molecule has 3 rings (SSSR count). The number of carboxylic acids is 2. The second kappa shape index (κ2) is 10.5. The third kappa shape index (κ3) is 5.42. The fourth-order valence-electron chi connectivity index (χ4n) is 3.20. The lowest BCUT2D eigenvalue weighted by Gasteiger charge is -2.23. The van der Waals surface area contributed by atoms with Gasteiger partial charge in [-0.15, -0.1) is 4.31 Å². The first-order chi connectivity index (χ1) is 18.1. The van der Waals surface area contributed by atoms with E-state index < -0.39 is 81.9 Å². The topological polar surface area (TPSA) is 261 Å². The third-order valence-corrected chi connectivity index (χ3v) is 8.42. The quantitative estimate of drug-likeness (QED) is 0.265. The number of sulfonamides is 2. The lowest BCUT2D eigenvalue weighted by atomic mass is 10.2. The summed E-state index contributed by atoms with van der Waals surface area (Å²) in [6.45, 7) is 0. The number of benzene rings is 2. The molecule has 204 valence electrons. The van der Waals surface area contributed by atoms with Crippen LogP contribution in [0.1, 0.15) is 20.7 Å². The molecule has 0 saturated heterocycles. The second-order valence-corrected chi connectivity index (χ2v) is 11.1. The van der Waals surface area contributed by atoms with E-state index in [9.17, 15) is 46.2 Å². The van der Waals surface area contributed by atoms with E-state index in [-0.39, 0.29) is 8.61 Å². The van der Waals surface area contributed by atoms with Crippen molar-refractivity contribution >= 4 is 67.4 Å². The zero-order chi connectivity index (χ0) is 29.3. The number of nitrogens with zero attached hydrogens (tertiary/aromatic N) is 4. The maximum atomic E-state index is 13.3. The molecule has 1 aromatic heterocycles. The Bertz CT molecular complexity index is 1620. The summed E-state index contributed by atoms with van der Waals surface area (Å²) >= 11 is 5.92. The molecule has 3 aromatic rings. The van der Waals surface area contributed by atoms with Crippen molar-refractivity contribution in [2.45, 2.75) is 9.79 Å². The van der Waals surface area contributed by atoms with Crippen LogP contribution in [0.25, 0.3) is 0 Å². The molecule has 0 saturated carbocycles. The summed E-state index contributed by atoms with van der Waals surface area (Å²) in [5.74, 6) is -5.57. The Morgan fingerprint density at radius 2 is 1.13 bits per heavy atom. The first-order valence-electron chi connectivity index (χ1n) is 9.99. The number of aromatic carboxylic acids is 2. The summed E-state index contributed by atoms with van der Waals surface area (Å²) in [6.07, 6.45) is 0. The number of aromatic nitrogens is 2. The molecule has 4 amide bonds. The van der Waals surface area contributed by atoms with Gasteiger partial charge in [0.05, 0.1) is 11.1 Å². The third-order valence-electron chi connectivity index (χ3n) is 4.73. The maximum absolute atomic E-state index is 13.3. The van der Waals surface area contributed by atoms with Gasteiger partial charge in [0.1, 0.15) is 14.9 Å². The minimum Gasteiger partial charge on any atom is -0.478 e. The van der Waals surface area contributed by atoms with E-state index in [1.165, 1.54) is 12.1 Å². The molecule has 0 fully saturated rings. The Labute approximate surface area is 224 Å². The van der Waals surface area contributed by atoms with Crippen molar-refractivity contribution in [3.05, 3.63) is 70.9 Å². The molecule has 0 unspecified atom stereocenters. The minimum atomic E-state index is -5.18. The van der Waals surface area contributed by atoms with Gasteiger partial charge in [-0.05, 0) is 24.3 Å². The number of halogens is 1. The summed E-state index contributed by atoms with van der Waals surface area (Å²) in [5.41, 5.74) is 8.97. The van der Waals surface area contributed by atoms with Gasteiger partial charge in [0.25, 0.3) is 26.0 Å². The van der Waals surface area contributed by atoms with Crippen molar-refractivity contribution in [2.75, 3.05) is 8.61 Å². The second-order valence-electron chi connectivity index (χ2n) is 7.17. The standard InChI is InChI=1S/C20H15ClN6O10S2/c21-14-9-15(26(18(22)32)38(34,35)12-7-3-1-5-10(12)16(28)29)25-20(24-14)27(19(23)33)39(36,37)13-8-4-2-6-11(13)17(30)31/h1-9H,(H2,22,32)(H2,23,33)(H,28,29)(H,30,31). The van der Waals surface area contributed by atoms with E-state index in [1.807, 2.05) is 0 Å². The summed E-state index contributed by atoms with van der Waals surface area (Å²) < 4.78 is 52.8. The van der Waals surface area contributed by atoms with Gasteiger partial charge in [-0.2, -0.15) is 14.3 Å². The molecule has 0 bridgehead atoms. The molecule has 19 heteroatoms. The summed E-state index contributed by atoms with van der Waals surface area (Å²) in [7, 11) is -10.3. The van der Waals surface area contributed by atoms with E-state index in [1.54, 1.807) is 0 Å². The van der Waals surface area contributed by atoms with Crippen LogP contribution in [0.2, 0.25) is 5.15 Å². The number of carbonyl (C=O) groups is 4. The SMILES string of the molecule is NC(=O)N(c1cc(Cl)nc(N(C(N)=O)S(=O)(=O)c2ccccc2C(=O)O)n1)S(=O)(=O)c1ccccc1C(=O)O. The molecule has 0 aliphatic rings. The number of hydrogen-bond donors (Lipinski definition) is 4. The molecular weight excluding hydrogens is 584 g/mol. The fraction of sp³-hybridized carbons (Fsp3) is 0. The number of primary amides is 2. The van der Waals surface area contributed by atoms with E-state index in [0.29, 0.717) is 6.07 Å². The van der Waals surface area contributed by atoms with Crippen molar-refractivity contribution in [2.24, 2.45) is 11.5 Å². The predicted octanol–water partition coefficient (Wildman–Crippen LogP) is 1.07. The monoisotopic (exact) mass is 598 g/mol. The minimum absolute atomic E-state index is 0.206. The van der Waals surface area contributed by atoms with E-state index in [0.717, 1.165) is 36.4 Å². The van der Waals surface area contributed by atoms with Crippen molar-refractivity contribution in [1.29, 1.82) is 0 Å². The molecule has 0 spiro atoms. The number of urea groups is 2. The zero-order valence-corrected chi connectivity index (χ0v) is 21.4. The smallest absolute Gasteiger partial charge is 0.337 e. The molecule has 0 atom stereocenters. The average Bonchev–Trinajstić information content (AvgIpc) is 2.83. The fourth-order valence-corrected chi connectivity index (χ4v) is 6.25. The number of anilines is 2. The molecule has 6 N–H and O–H groups in total. The van der Waals surface area contributed by atoms with Crippen LogP contribution < -0.4 is 20.1 Å². The van der Waals surface area contributed by atoms with Gasteiger partial charge >= 0.3 is 24.0 Å². The molecule has 0 radical (unpaired) electrons. The van der Waals surface area contributed by atoms with Crippen LogP contribution >= 0.6 is 11.6 Å². The lowest BCUT2D eigenvalue weighted by Crippen LogP contribution is -2.44. The zero-order valence-electron chi connectivity index (χ0n) is 19.0. The van der Waals surface area contributed by atoms with Gasteiger partial charge in [-0.1, -0.05) is 35.9 Å². The van der Waals surface area contributed by atoms with Crippen molar-refractivity contribution in [1.82, 2.24) is 9.97 Å². The normalized spacial score (nSPS) is 11.4. The highest BCUT2D eigenvalue weighted by Gasteiger charge is 2.38. The molecule has 1 heterocycles. The number of carbonyl (C=O) groups excluding carboxylic acids is 2. The van der Waals surface area contributed by atoms with Gasteiger partial charge < -0.3 is 21.7 Å². The molecular formula is C20H15ClN6O10S2. The van der Waals surface area contributed by atoms with E-state index in [4.69, 9.17) is 23.1 Å². The molecule has 2 aromatic carbocycles. The van der Waals surface area contributed by atoms with Crippen molar-refractivity contribution in [3.8, 4) is 0 Å². The first kappa shape index (κ1) is 28.8. The van der Waals surface area contributed by atoms with Crippen LogP contribution in [-0.2, 0) is 20.0 Å². The summed E-state index contributed by atoms with van der Waals surface area (Å²) in [4.78, 5) is 53.1. The van der Waals surface area contributed by atoms with Crippen LogP contribution in [0.15, 0.2) is 64.4 Å². The van der Waals surface area contributed by atoms with Crippen LogP contribution in [0.3, 0.4) is 0 Å². The number of nitrogens with two attached hydrogens (primary N) is 2. The summed E-state index contributed by atoms with van der Waals surface area (Å²) in [6, 6.07) is 5.37. The average molecular weight is 599 g/mol. The Kier molecular flexibility index (Phi) is 7.75. The lowest BCUT2D eigenvalue weighted by molar-refractivity contribution is 0.0682. The van der Waals surface area contributed by atoms with Crippen molar-refractivity contribution < 1.29 is 46.2 Å². The van der Waals surface area contributed by atoms with E-state index >= 15 is 0 Å². The number of carboxylic acid groups (broad SMARTS) is 2. The Morgan fingerprint density at radius 1 is 0.718 bits per heavy atom.